The lowest BCUT2D eigenvalue weighted by atomic mass is 10.0. The monoisotopic (exact) mass is 439 g/mol. The van der Waals surface area contributed by atoms with E-state index in [1.807, 2.05) is 6.07 Å². The molecule has 1 aliphatic rings. The first-order chi connectivity index (χ1) is 13.1. The van der Waals surface area contributed by atoms with E-state index in [9.17, 15) is 23.6 Å². The maximum absolute atomic E-state index is 12.7. The van der Waals surface area contributed by atoms with Gasteiger partial charge in [0.15, 0.2) is 9.84 Å². The van der Waals surface area contributed by atoms with Crippen LogP contribution in [0, 0.1) is 18.3 Å². The number of nitriles is 1. The predicted molar refractivity (Wildman–Crippen MR) is 108 cm³/mol. The zero-order valence-corrected chi connectivity index (χ0v) is 17.0. The first kappa shape index (κ1) is 20.4. The van der Waals surface area contributed by atoms with Crippen LogP contribution >= 0.6 is 23.2 Å². The molecule has 0 aliphatic carbocycles. The van der Waals surface area contributed by atoms with Crippen molar-refractivity contribution in [2.75, 3.05) is 11.5 Å². The largest absolute Gasteiger partial charge is 0.494 e. The average molecular weight is 440 g/mol. The van der Waals surface area contributed by atoms with Gasteiger partial charge in [0.25, 0.3) is 5.56 Å². The van der Waals surface area contributed by atoms with Crippen LogP contribution in [0.5, 0.6) is 5.88 Å². The second-order valence-electron chi connectivity index (χ2n) is 6.47. The van der Waals surface area contributed by atoms with E-state index >= 15 is 0 Å². The van der Waals surface area contributed by atoms with E-state index in [4.69, 9.17) is 23.2 Å². The molecule has 1 saturated heterocycles. The number of sulfone groups is 1. The van der Waals surface area contributed by atoms with Gasteiger partial charge in [0, 0.05) is 16.3 Å². The SMILES string of the molecule is Cc1c(C=Nc2cc(Cl)cc(Cl)c2)c(O)n([C@H]2CCS(=O)(=O)C2)c(=O)c1C#N. The summed E-state index contributed by atoms with van der Waals surface area (Å²) < 4.78 is 24.6. The molecule has 2 heterocycles. The summed E-state index contributed by atoms with van der Waals surface area (Å²) in [7, 11) is -3.30. The Balaban J connectivity index is 2.16. The van der Waals surface area contributed by atoms with Crippen molar-refractivity contribution in [2.24, 2.45) is 4.99 Å². The first-order valence-corrected chi connectivity index (χ1v) is 10.8. The van der Waals surface area contributed by atoms with Crippen LogP contribution in [-0.4, -0.2) is 35.8 Å². The lowest BCUT2D eigenvalue weighted by molar-refractivity contribution is 0.379. The molecule has 1 fully saturated rings. The van der Waals surface area contributed by atoms with Gasteiger partial charge >= 0.3 is 0 Å². The molecule has 1 aromatic carbocycles. The Hall–Kier alpha value is -2.34. The molecule has 0 unspecified atom stereocenters. The number of benzene rings is 1. The zero-order valence-electron chi connectivity index (χ0n) is 14.7. The number of aliphatic imine (C=N–C) groups is 1. The Kier molecular flexibility index (Phi) is 5.53. The summed E-state index contributed by atoms with van der Waals surface area (Å²) in [4.78, 5) is 16.9. The van der Waals surface area contributed by atoms with Gasteiger partial charge in [0.1, 0.15) is 11.6 Å². The maximum Gasteiger partial charge on any atom is 0.271 e. The number of hydrogen-bond donors (Lipinski definition) is 1. The van der Waals surface area contributed by atoms with Gasteiger partial charge in [-0.2, -0.15) is 5.26 Å². The van der Waals surface area contributed by atoms with E-state index in [2.05, 4.69) is 4.99 Å². The summed E-state index contributed by atoms with van der Waals surface area (Å²) in [5.41, 5.74) is -0.0817. The van der Waals surface area contributed by atoms with Crippen LogP contribution in [0.1, 0.15) is 29.2 Å². The third kappa shape index (κ3) is 3.92. The molecule has 0 amide bonds. The van der Waals surface area contributed by atoms with Crippen LogP contribution in [0.4, 0.5) is 5.69 Å². The molecule has 1 aromatic heterocycles. The molecular formula is C18H15Cl2N3O4S. The van der Waals surface area contributed by atoms with Crippen molar-refractivity contribution < 1.29 is 13.5 Å². The highest BCUT2D eigenvalue weighted by Gasteiger charge is 2.33. The van der Waals surface area contributed by atoms with Crippen LogP contribution in [0.3, 0.4) is 0 Å². The van der Waals surface area contributed by atoms with Gasteiger partial charge in [-0.1, -0.05) is 23.2 Å². The van der Waals surface area contributed by atoms with Crippen molar-refractivity contribution >= 4 is 44.9 Å². The van der Waals surface area contributed by atoms with Gasteiger partial charge in [-0.25, -0.2) is 8.42 Å². The number of aromatic hydroxyl groups is 1. The van der Waals surface area contributed by atoms with Gasteiger partial charge in [-0.3, -0.25) is 14.4 Å². The number of pyridine rings is 1. The minimum Gasteiger partial charge on any atom is -0.494 e. The van der Waals surface area contributed by atoms with Gasteiger partial charge < -0.3 is 5.11 Å². The molecule has 3 rings (SSSR count). The molecule has 0 bridgehead atoms. The molecule has 0 spiro atoms. The van der Waals surface area contributed by atoms with Crippen LogP contribution in [0.15, 0.2) is 28.0 Å². The fourth-order valence-electron chi connectivity index (χ4n) is 3.17. The predicted octanol–water partition coefficient (Wildman–Crippen LogP) is 3.15. The quantitative estimate of drug-likeness (QED) is 0.737. The molecule has 0 saturated carbocycles. The third-order valence-corrected chi connectivity index (χ3v) is 6.74. The highest BCUT2D eigenvalue weighted by molar-refractivity contribution is 7.91. The van der Waals surface area contributed by atoms with E-state index in [0.717, 1.165) is 4.57 Å². The van der Waals surface area contributed by atoms with Crippen molar-refractivity contribution in [1.82, 2.24) is 4.57 Å². The fourth-order valence-corrected chi connectivity index (χ4v) is 5.38. The molecule has 0 radical (unpaired) electrons. The normalized spacial score (nSPS) is 18.4. The maximum atomic E-state index is 12.7. The van der Waals surface area contributed by atoms with Crippen molar-refractivity contribution in [3.63, 3.8) is 0 Å². The van der Waals surface area contributed by atoms with Crippen molar-refractivity contribution in [1.29, 1.82) is 5.26 Å². The van der Waals surface area contributed by atoms with Crippen molar-refractivity contribution in [3.05, 3.63) is 55.3 Å². The number of nitrogens with zero attached hydrogens (tertiary/aromatic N) is 3. The summed E-state index contributed by atoms with van der Waals surface area (Å²) in [5.74, 6) is -0.779. The van der Waals surface area contributed by atoms with Gasteiger partial charge in [-0.05, 0) is 37.1 Å². The fraction of sp³-hybridized carbons (Fsp3) is 0.278. The summed E-state index contributed by atoms with van der Waals surface area (Å²) >= 11 is 11.9. The minimum absolute atomic E-state index is 0.0796. The molecule has 1 atom stereocenters. The molecular weight excluding hydrogens is 425 g/mol. The van der Waals surface area contributed by atoms with Crippen LogP contribution in [0.25, 0.3) is 0 Å². The van der Waals surface area contributed by atoms with Crippen LogP contribution < -0.4 is 5.56 Å². The number of hydrogen-bond acceptors (Lipinski definition) is 6. The van der Waals surface area contributed by atoms with Gasteiger partial charge in [0.05, 0.1) is 28.8 Å². The molecule has 10 heteroatoms. The van der Waals surface area contributed by atoms with E-state index in [1.165, 1.54) is 13.1 Å². The summed E-state index contributed by atoms with van der Waals surface area (Å²) in [6.45, 7) is 1.52. The van der Waals surface area contributed by atoms with Crippen molar-refractivity contribution in [2.45, 2.75) is 19.4 Å². The number of halogens is 2. The topological polar surface area (TPSA) is 113 Å². The Morgan fingerprint density at radius 3 is 2.50 bits per heavy atom. The Morgan fingerprint density at radius 1 is 1.32 bits per heavy atom. The lowest BCUT2D eigenvalue weighted by Gasteiger charge is -2.18. The van der Waals surface area contributed by atoms with Crippen LogP contribution in [0.2, 0.25) is 10.0 Å². The molecule has 1 aliphatic heterocycles. The highest BCUT2D eigenvalue weighted by Crippen LogP contribution is 2.30. The summed E-state index contributed by atoms with van der Waals surface area (Å²) in [5, 5.41) is 20.9. The first-order valence-electron chi connectivity index (χ1n) is 8.21. The minimum atomic E-state index is -3.30. The third-order valence-electron chi connectivity index (χ3n) is 4.56. The smallest absolute Gasteiger partial charge is 0.271 e. The Bertz CT molecular complexity index is 1180. The molecule has 2 aromatic rings. The van der Waals surface area contributed by atoms with E-state index in [-0.39, 0.29) is 34.6 Å². The highest BCUT2D eigenvalue weighted by atomic mass is 35.5. The van der Waals surface area contributed by atoms with Crippen LogP contribution in [-0.2, 0) is 9.84 Å². The van der Waals surface area contributed by atoms with Crippen molar-refractivity contribution in [3.8, 4) is 11.9 Å². The zero-order chi connectivity index (χ0) is 20.6. The van der Waals surface area contributed by atoms with Gasteiger partial charge in [-0.15, -0.1) is 0 Å². The molecule has 146 valence electrons. The number of aromatic nitrogens is 1. The second kappa shape index (κ2) is 7.59. The second-order valence-corrected chi connectivity index (χ2v) is 9.57. The number of rotatable bonds is 3. The van der Waals surface area contributed by atoms with E-state index in [1.54, 1.807) is 18.2 Å². The lowest BCUT2D eigenvalue weighted by Crippen LogP contribution is -2.29. The summed E-state index contributed by atoms with van der Waals surface area (Å²) in [6, 6.07) is 5.75. The van der Waals surface area contributed by atoms with E-state index in [0.29, 0.717) is 15.7 Å². The Morgan fingerprint density at radius 2 is 1.96 bits per heavy atom. The molecule has 28 heavy (non-hydrogen) atoms. The molecule has 7 nitrogen and oxygen atoms in total. The van der Waals surface area contributed by atoms with Gasteiger partial charge in [0.2, 0.25) is 5.88 Å². The average Bonchev–Trinajstić information content (AvgIpc) is 2.93. The van der Waals surface area contributed by atoms with E-state index < -0.39 is 27.3 Å². The summed E-state index contributed by atoms with van der Waals surface area (Å²) in [6.07, 6.45) is 1.48. The molecule has 1 N–H and O–H groups in total. The standard InChI is InChI=1S/C18H15Cl2N3O4S/c1-10-15(7-21)17(24)23(14-2-3-28(26,27)9-14)18(25)16(10)8-22-13-5-11(19)4-12(20)6-13/h4-6,8,14,25H,2-3,9H2,1H3/t14-/m0/s1. The Labute approximate surface area is 171 Å².